The first kappa shape index (κ1) is 28.7. The lowest BCUT2D eigenvalue weighted by Gasteiger charge is -2.62. The summed E-state index contributed by atoms with van der Waals surface area (Å²) < 4.78 is 21.2. The summed E-state index contributed by atoms with van der Waals surface area (Å²) in [7, 11) is -2.76. The second-order valence-electron chi connectivity index (χ2n) is 15.4. The van der Waals surface area contributed by atoms with Gasteiger partial charge in [0.25, 0.3) is 8.32 Å². The standard InChI is InChI=1S/C37H48O4Si/c1-25-28-18-21-36(6)30(41-42(34(2,3)4,26-14-9-7-10-15-26)27-16-11-8-12-17-27)24-35(5)20-19-29(38)32(33(35)31(28)36)37(25)39-22-13-23-40-37/h7-12,14-17,25,28,30,32H,13,18-24H2,1-6H3/t25-,28-,30-,32-,35-,36+/m0/s1. The number of carbonyl (C=O) groups excluding carboxylic acids is 1. The lowest BCUT2D eigenvalue weighted by Crippen LogP contribution is -2.70. The van der Waals surface area contributed by atoms with Crippen molar-refractivity contribution in [1.29, 1.82) is 0 Å². The van der Waals surface area contributed by atoms with E-state index in [2.05, 4.69) is 102 Å². The molecular formula is C37H48O4Si. The first-order chi connectivity index (χ1) is 20.0. The SMILES string of the molecule is C[C@H]1[C@@H]2CC[C@@]3(C)C2=C2[C@H](C(=O)CC[C@@]2(C)C[C@@H]3O[Si](c2ccccc2)(c2ccccc2)C(C)(C)C)C12OCCCO2. The van der Waals surface area contributed by atoms with E-state index in [9.17, 15) is 4.79 Å². The molecule has 0 bridgehead atoms. The van der Waals surface area contributed by atoms with Gasteiger partial charge >= 0.3 is 0 Å². The molecule has 4 aliphatic carbocycles. The second kappa shape index (κ2) is 9.72. The van der Waals surface area contributed by atoms with Crippen LogP contribution in [0.1, 0.15) is 80.1 Å². The molecule has 42 heavy (non-hydrogen) atoms. The fourth-order valence-electron chi connectivity index (χ4n) is 10.1. The zero-order chi connectivity index (χ0) is 29.5. The van der Waals surface area contributed by atoms with Gasteiger partial charge < -0.3 is 13.9 Å². The van der Waals surface area contributed by atoms with Gasteiger partial charge in [0.2, 0.25) is 0 Å². The van der Waals surface area contributed by atoms with Crippen LogP contribution in [0, 0.1) is 28.6 Å². The van der Waals surface area contributed by atoms with Crippen LogP contribution in [-0.4, -0.2) is 39.2 Å². The van der Waals surface area contributed by atoms with Crippen molar-refractivity contribution in [3.05, 3.63) is 71.8 Å². The summed E-state index contributed by atoms with van der Waals surface area (Å²) in [6.45, 7) is 15.7. The number of ketones is 1. The molecule has 4 nitrogen and oxygen atoms in total. The van der Waals surface area contributed by atoms with E-state index in [1.54, 1.807) is 0 Å². The second-order valence-corrected chi connectivity index (χ2v) is 19.6. The monoisotopic (exact) mass is 584 g/mol. The lowest BCUT2D eigenvalue weighted by atomic mass is 9.48. The Kier molecular flexibility index (Phi) is 6.64. The molecule has 1 heterocycles. The largest absolute Gasteiger partial charge is 0.404 e. The summed E-state index contributed by atoms with van der Waals surface area (Å²) in [6, 6.07) is 22.2. The minimum absolute atomic E-state index is 0.0702. The van der Waals surface area contributed by atoms with Gasteiger partial charge in [-0.25, -0.2) is 0 Å². The molecule has 6 atom stereocenters. The zero-order valence-corrected chi connectivity index (χ0v) is 27.4. The highest BCUT2D eigenvalue weighted by atomic mass is 28.4. The minimum atomic E-state index is -2.76. The predicted molar refractivity (Wildman–Crippen MR) is 169 cm³/mol. The maximum absolute atomic E-state index is 14.0. The Labute approximate surface area is 253 Å². The lowest BCUT2D eigenvalue weighted by molar-refractivity contribution is -0.319. The normalized spacial score (nSPS) is 35.8. The predicted octanol–water partition coefficient (Wildman–Crippen LogP) is 6.82. The average molecular weight is 585 g/mol. The van der Waals surface area contributed by atoms with Gasteiger partial charge in [0.15, 0.2) is 5.79 Å². The Hall–Kier alpha value is -2.05. The highest BCUT2D eigenvalue weighted by Crippen LogP contribution is 2.70. The van der Waals surface area contributed by atoms with Crippen LogP contribution >= 0.6 is 0 Å². The van der Waals surface area contributed by atoms with Crippen molar-refractivity contribution in [2.45, 2.75) is 97.0 Å². The van der Waals surface area contributed by atoms with Crippen molar-refractivity contribution in [2.24, 2.45) is 28.6 Å². The Morgan fingerprint density at radius 2 is 1.48 bits per heavy atom. The smallest absolute Gasteiger partial charge is 0.261 e. The van der Waals surface area contributed by atoms with E-state index >= 15 is 0 Å². The van der Waals surface area contributed by atoms with Gasteiger partial charge in [-0.1, -0.05) is 108 Å². The first-order valence-electron chi connectivity index (χ1n) is 16.3. The molecule has 0 aromatic heterocycles. The number of Topliss-reactive ketones (excluding diaryl/α,β-unsaturated/α-hetero) is 1. The Balaban J connectivity index is 1.42. The maximum atomic E-state index is 14.0. The summed E-state index contributed by atoms with van der Waals surface area (Å²) in [5, 5.41) is 2.59. The molecule has 2 aromatic carbocycles. The van der Waals surface area contributed by atoms with Crippen molar-refractivity contribution in [3.63, 3.8) is 0 Å². The van der Waals surface area contributed by atoms with Crippen molar-refractivity contribution in [3.8, 4) is 0 Å². The third-order valence-corrected chi connectivity index (χ3v) is 17.1. The van der Waals surface area contributed by atoms with Gasteiger partial charge in [0, 0.05) is 17.8 Å². The van der Waals surface area contributed by atoms with Gasteiger partial charge in [-0.3, -0.25) is 4.79 Å². The Bertz CT molecular complexity index is 1350. The molecule has 5 aliphatic rings. The molecule has 224 valence electrons. The summed E-state index contributed by atoms with van der Waals surface area (Å²) in [4.78, 5) is 14.0. The fourth-order valence-corrected chi connectivity index (χ4v) is 14.8. The summed E-state index contributed by atoms with van der Waals surface area (Å²) in [5.41, 5.74) is 2.69. The minimum Gasteiger partial charge on any atom is -0.404 e. The van der Waals surface area contributed by atoms with Crippen molar-refractivity contribution in [1.82, 2.24) is 0 Å². The number of benzene rings is 2. The van der Waals surface area contributed by atoms with E-state index in [1.165, 1.54) is 21.5 Å². The van der Waals surface area contributed by atoms with Crippen molar-refractivity contribution in [2.75, 3.05) is 13.2 Å². The van der Waals surface area contributed by atoms with Crippen molar-refractivity contribution < 1.29 is 18.7 Å². The Morgan fingerprint density at radius 3 is 2.05 bits per heavy atom. The summed E-state index contributed by atoms with van der Waals surface area (Å²) >= 11 is 0. The van der Waals surface area contributed by atoms with E-state index in [-0.39, 0.29) is 33.8 Å². The van der Waals surface area contributed by atoms with E-state index in [4.69, 9.17) is 13.9 Å². The third-order valence-electron chi connectivity index (χ3n) is 12.1. The molecule has 1 aliphatic heterocycles. The first-order valence-corrected chi connectivity index (χ1v) is 18.2. The van der Waals surface area contributed by atoms with Crippen LogP contribution in [0.25, 0.3) is 0 Å². The van der Waals surface area contributed by atoms with Gasteiger partial charge in [-0.15, -0.1) is 0 Å². The van der Waals surface area contributed by atoms with Crippen LogP contribution in [0.2, 0.25) is 5.04 Å². The molecule has 0 amide bonds. The molecule has 1 saturated heterocycles. The fraction of sp³-hybridized carbons (Fsp3) is 0.595. The summed E-state index contributed by atoms with van der Waals surface area (Å²) in [5.74, 6) is -0.277. The van der Waals surface area contributed by atoms with Crippen LogP contribution in [-0.2, 0) is 18.7 Å². The van der Waals surface area contributed by atoms with Crippen LogP contribution in [0.15, 0.2) is 71.8 Å². The molecule has 3 fully saturated rings. The average Bonchev–Trinajstić information content (AvgIpc) is 3.34. The van der Waals surface area contributed by atoms with Crippen LogP contribution in [0.5, 0.6) is 0 Å². The van der Waals surface area contributed by atoms with Crippen LogP contribution in [0.4, 0.5) is 0 Å². The molecule has 0 unspecified atom stereocenters. The van der Waals surface area contributed by atoms with Crippen LogP contribution < -0.4 is 10.4 Å². The molecule has 1 spiro atoms. The molecule has 2 saturated carbocycles. The highest BCUT2D eigenvalue weighted by molar-refractivity contribution is 6.99. The molecule has 5 heteroatoms. The number of hydrogen-bond acceptors (Lipinski definition) is 4. The van der Waals surface area contributed by atoms with Gasteiger partial charge in [-0.2, -0.15) is 0 Å². The molecule has 2 aromatic rings. The number of ether oxygens (including phenoxy) is 2. The molecule has 0 radical (unpaired) electrons. The number of rotatable bonds is 4. The van der Waals surface area contributed by atoms with Gasteiger partial charge in [-0.05, 0) is 64.4 Å². The van der Waals surface area contributed by atoms with E-state index in [0.29, 0.717) is 31.3 Å². The number of fused-ring (bicyclic) bond motifs is 1. The quantitative estimate of drug-likeness (QED) is 0.292. The third kappa shape index (κ3) is 3.79. The number of carbonyl (C=O) groups is 1. The zero-order valence-electron chi connectivity index (χ0n) is 26.4. The highest BCUT2D eigenvalue weighted by Gasteiger charge is 2.69. The molecular weight excluding hydrogens is 536 g/mol. The molecule has 7 rings (SSSR count). The van der Waals surface area contributed by atoms with Crippen molar-refractivity contribution >= 4 is 24.5 Å². The topological polar surface area (TPSA) is 44.8 Å². The van der Waals surface area contributed by atoms with E-state index in [0.717, 1.165) is 32.1 Å². The Morgan fingerprint density at radius 1 is 0.881 bits per heavy atom. The maximum Gasteiger partial charge on any atom is 0.261 e. The van der Waals surface area contributed by atoms with E-state index < -0.39 is 14.1 Å². The molecule has 0 N–H and O–H groups in total. The van der Waals surface area contributed by atoms with Crippen LogP contribution in [0.3, 0.4) is 0 Å². The van der Waals surface area contributed by atoms with Gasteiger partial charge in [0.05, 0.1) is 25.2 Å². The van der Waals surface area contributed by atoms with Gasteiger partial charge in [0.1, 0.15) is 5.78 Å². The summed E-state index contributed by atoms with van der Waals surface area (Å²) in [6.07, 6.45) is 5.56. The number of hydrogen-bond donors (Lipinski definition) is 0. The van der Waals surface area contributed by atoms with E-state index in [1.807, 2.05) is 0 Å².